The molecule has 0 spiro atoms. The van der Waals surface area contributed by atoms with Gasteiger partial charge in [-0.3, -0.25) is 5.32 Å². The van der Waals surface area contributed by atoms with Crippen LogP contribution in [0.15, 0.2) is 24.3 Å². The zero-order chi connectivity index (χ0) is 13.0. The van der Waals surface area contributed by atoms with Crippen LogP contribution in [0.5, 0.6) is 0 Å². The summed E-state index contributed by atoms with van der Waals surface area (Å²) in [6, 6.07) is 7.97. The molecule has 1 aromatic rings. The molecule has 2 N–H and O–H groups in total. The number of carboxylic acids is 1. The normalized spacial score (nSPS) is 23.2. The van der Waals surface area contributed by atoms with E-state index >= 15 is 0 Å². The molecule has 3 heteroatoms. The van der Waals surface area contributed by atoms with Gasteiger partial charge >= 0.3 is 5.97 Å². The van der Waals surface area contributed by atoms with Crippen molar-refractivity contribution in [3.63, 3.8) is 0 Å². The minimum absolute atomic E-state index is 0.680. The standard InChI is InChI=1S/C15H21NO2/c1-2-11-16-15(14(17)18)10-6-5-8-12-7-3-4-9-13(12)15/h3-4,7,9,16H,2,5-6,8,10-11H2,1H3,(H,17,18). The van der Waals surface area contributed by atoms with Gasteiger partial charge in [-0.05, 0) is 43.4 Å². The first-order valence-corrected chi connectivity index (χ1v) is 6.77. The Bertz CT molecular complexity index is 430. The number of carbonyl (C=O) groups is 1. The van der Waals surface area contributed by atoms with Gasteiger partial charge < -0.3 is 5.11 Å². The predicted octanol–water partition coefficient (Wildman–Crippen LogP) is 2.69. The van der Waals surface area contributed by atoms with Crippen LogP contribution in [0.1, 0.15) is 43.7 Å². The number of aliphatic carboxylic acids is 1. The van der Waals surface area contributed by atoms with Gasteiger partial charge in [-0.1, -0.05) is 37.6 Å². The van der Waals surface area contributed by atoms with Gasteiger partial charge in [0.05, 0.1) is 0 Å². The quantitative estimate of drug-likeness (QED) is 0.804. The molecule has 0 fully saturated rings. The number of rotatable bonds is 4. The van der Waals surface area contributed by atoms with Crippen LogP contribution >= 0.6 is 0 Å². The first kappa shape index (κ1) is 13.1. The van der Waals surface area contributed by atoms with Crippen LogP contribution < -0.4 is 5.32 Å². The number of carboxylic acid groups (broad SMARTS) is 1. The molecule has 1 atom stereocenters. The number of hydrogen-bond acceptors (Lipinski definition) is 2. The van der Waals surface area contributed by atoms with Gasteiger partial charge in [0.15, 0.2) is 0 Å². The monoisotopic (exact) mass is 247 g/mol. The highest BCUT2D eigenvalue weighted by molar-refractivity contribution is 5.81. The molecule has 1 aromatic carbocycles. The topological polar surface area (TPSA) is 49.3 Å². The van der Waals surface area contributed by atoms with E-state index in [-0.39, 0.29) is 0 Å². The van der Waals surface area contributed by atoms with Crippen LogP contribution in [0.3, 0.4) is 0 Å². The Labute approximate surface area is 108 Å². The third-order valence-corrected chi connectivity index (χ3v) is 3.77. The smallest absolute Gasteiger partial charge is 0.328 e. The summed E-state index contributed by atoms with van der Waals surface area (Å²) in [6.07, 6.45) is 4.63. The highest BCUT2D eigenvalue weighted by atomic mass is 16.4. The molecular formula is C15H21NO2. The molecule has 0 bridgehead atoms. The molecule has 2 rings (SSSR count). The lowest BCUT2D eigenvalue weighted by Gasteiger charge is -2.31. The Balaban J connectivity index is 2.47. The lowest BCUT2D eigenvalue weighted by atomic mass is 9.84. The molecule has 1 aliphatic carbocycles. The molecule has 18 heavy (non-hydrogen) atoms. The van der Waals surface area contributed by atoms with Crippen LogP contribution in [0, 0.1) is 0 Å². The summed E-state index contributed by atoms with van der Waals surface area (Å²) in [5.74, 6) is -0.745. The summed E-state index contributed by atoms with van der Waals surface area (Å²) in [5.41, 5.74) is 1.26. The molecule has 1 unspecified atom stereocenters. The SMILES string of the molecule is CCCNC1(C(=O)O)CCCCc2ccccc21. The third kappa shape index (κ3) is 2.27. The highest BCUT2D eigenvalue weighted by Crippen LogP contribution is 2.34. The molecule has 1 aliphatic rings. The molecule has 0 heterocycles. The van der Waals surface area contributed by atoms with Crippen molar-refractivity contribution < 1.29 is 9.90 Å². The van der Waals surface area contributed by atoms with E-state index < -0.39 is 11.5 Å². The van der Waals surface area contributed by atoms with Crippen molar-refractivity contribution in [2.75, 3.05) is 6.54 Å². The van der Waals surface area contributed by atoms with Crippen LogP contribution in [-0.2, 0) is 16.8 Å². The van der Waals surface area contributed by atoms with E-state index in [4.69, 9.17) is 0 Å². The molecule has 98 valence electrons. The predicted molar refractivity (Wildman–Crippen MR) is 71.6 cm³/mol. The summed E-state index contributed by atoms with van der Waals surface area (Å²) < 4.78 is 0. The summed E-state index contributed by atoms with van der Waals surface area (Å²) >= 11 is 0. The largest absolute Gasteiger partial charge is 0.480 e. The number of fused-ring (bicyclic) bond motifs is 1. The third-order valence-electron chi connectivity index (χ3n) is 3.77. The van der Waals surface area contributed by atoms with Crippen molar-refractivity contribution in [2.45, 2.75) is 44.6 Å². The Morgan fingerprint density at radius 1 is 1.39 bits per heavy atom. The second kappa shape index (κ2) is 5.53. The van der Waals surface area contributed by atoms with Gasteiger partial charge in [0.25, 0.3) is 0 Å². The van der Waals surface area contributed by atoms with Gasteiger partial charge in [-0.15, -0.1) is 0 Å². The van der Waals surface area contributed by atoms with E-state index in [9.17, 15) is 9.90 Å². The van der Waals surface area contributed by atoms with Gasteiger partial charge in [0, 0.05) is 0 Å². The van der Waals surface area contributed by atoms with E-state index in [1.807, 2.05) is 18.2 Å². The second-order valence-corrected chi connectivity index (χ2v) is 5.00. The summed E-state index contributed by atoms with van der Waals surface area (Å²) in [7, 11) is 0. The molecule has 3 nitrogen and oxygen atoms in total. The average molecular weight is 247 g/mol. The molecule has 0 radical (unpaired) electrons. The van der Waals surface area contributed by atoms with E-state index in [0.717, 1.165) is 37.8 Å². The minimum atomic E-state index is -0.886. The Hall–Kier alpha value is -1.35. The fourth-order valence-corrected chi connectivity index (χ4v) is 2.81. The van der Waals surface area contributed by atoms with Crippen LogP contribution in [0.4, 0.5) is 0 Å². The Kier molecular flexibility index (Phi) is 4.02. The molecule has 0 saturated carbocycles. The zero-order valence-electron chi connectivity index (χ0n) is 10.9. The second-order valence-electron chi connectivity index (χ2n) is 5.00. The fourth-order valence-electron chi connectivity index (χ4n) is 2.81. The molecular weight excluding hydrogens is 226 g/mol. The molecule has 0 amide bonds. The Morgan fingerprint density at radius 3 is 2.89 bits per heavy atom. The van der Waals surface area contributed by atoms with Crippen molar-refractivity contribution >= 4 is 5.97 Å². The fraction of sp³-hybridized carbons (Fsp3) is 0.533. The Morgan fingerprint density at radius 2 is 2.17 bits per heavy atom. The number of benzene rings is 1. The van der Waals surface area contributed by atoms with Gasteiger partial charge in [-0.2, -0.15) is 0 Å². The first-order chi connectivity index (χ1) is 8.70. The van der Waals surface area contributed by atoms with Crippen LogP contribution in [0.2, 0.25) is 0 Å². The number of aryl methyl sites for hydroxylation is 1. The maximum atomic E-state index is 11.8. The van der Waals surface area contributed by atoms with E-state index in [1.165, 1.54) is 5.56 Å². The van der Waals surface area contributed by atoms with Gasteiger partial charge in [0.2, 0.25) is 0 Å². The molecule has 0 aliphatic heterocycles. The van der Waals surface area contributed by atoms with E-state index in [0.29, 0.717) is 6.42 Å². The van der Waals surface area contributed by atoms with Crippen LogP contribution in [0.25, 0.3) is 0 Å². The van der Waals surface area contributed by atoms with Crippen molar-refractivity contribution in [1.82, 2.24) is 5.32 Å². The lowest BCUT2D eigenvalue weighted by Crippen LogP contribution is -2.49. The molecule has 0 aromatic heterocycles. The lowest BCUT2D eigenvalue weighted by molar-refractivity contribution is -0.145. The van der Waals surface area contributed by atoms with E-state index in [2.05, 4.69) is 18.3 Å². The van der Waals surface area contributed by atoms with Crippen molar-refractivity contribution in [3.05, 3.63) is 35.4 Å². The molecule has 0 saturated heterocycles. The maximum absolute atomic E-state index is 11.8. The summed E-state index contributed by atoms with van der Waals surface area (Å²) in [5, 5.41) is 13.0. The average Bonchev–Trinajstić information content (AvgIpc) is 2.57. The van der Waals surface area contributed by atoms with Gasteiger partial charge in [0.1, 0.15) is 5.54 Å². The van der Waals surface area contributed by atoms with E-state index in [1.54, 1.807) is 0 Å². The zero-order valence-corrected chi connectivity index (χ0v) is 10.9. The minimum Gasteiger partial charge on any atom is -0.480 e. The van der Waals surface area contributed by atoms with Crippen molar-refractivity contribution in [3.8, 4) is 0 Å². The summed E-state index contributed by atoms with van der Waals surface area (Å²) in [6.45, 7) is 2.80. The van der Waals surface area contributed by atoms with Gasteiger partial charge in [-0.25, -0.2) is 4.79 Å². The first-order valence-electron chi connectivity index (χ1n) is 6.77. The number of nitrogens with one attached hydrogen (secondary N) is 1. The van der Waals surface area contributed by atoms with Crippen LogP contribution in [-0.4, -0.2) is 17.6 Å². The maximum Gasteiger partial charge on any atom is 0.328 e. The number of hydrogen-bond donors (Lipinski definition) is 2. The van der Waals surface area contributed by atoms with Crippen molar-refractivity contribution in [2.24, 2.45) is 0 Å². The highest BCUT2D eigenvalue weighted by Gasteiger charge is 2.41. The van der Waals surface area contributed by atoms with Crippen molar-refractivity contribution in [1.29, 1.82) is 0 Å². The summed E-state index contributed by atoms with van der Waals surface area (Å²) in [4.78, 5) is 11.8.